The summed E-state index contributed by atoms with van der Waals surface area (Å²) in [7, 11) is 1.81. The van der Waals surface area contributed by atoms with Crippen molar-refractivity contribution in [3.63, 3.8) is 0 Å². The molecule has 1 aliphatic rings. The minimum absolute atomic E-state index is 0.0895. The summed E-state index contributed by atoms with van der Waals surface area (Å²) in [6.07, 6.45) is -0.514. The summed E-state index contributed by atoms with van der Waals surface area (Å²) in [5.41, 5.74) is 0.692. The average molecular weight is 331 g/mol. The van der Waals surface area contributed by atoms with Gasteiger partial charge in [0.15, 0.2) is 5.49 Å². The van der Waals surface area contributed by atoms with E-state index in [2.05, 4.69) is 4.99 Å². The van der Waals surface area contributed by atoms with E-state index in [0.29, 0.717) is 12.5 Å². The lowest BCUT2D eigenvalue weighted by Crippen LogP contribution is -2.30. The normalized spacial score (nSPS) is 18.0. The van der Waals surface area contributed by atoms with Crippen LogP contribution < -0.4 is 5.49 Å². The highest BCUT2D eigenvalue weighted by molar-refractivity contribution is 5.82. The van der Waals surface area contributed by atoms with Crippen LogP contribution in [0.3, 0.4) is 0 Å². The molecule has 1 aliphatic carbocycles. The third-order valence-corrected chi connectivity index (χ3v) is 4.37. The van der Waals surface area contributed by atoms with Gasteiger partial charge in [0.25, 0.3) is 0 Å². The number of hydrogen-bond acceptors (Lipinski definition) is 1. The molecular weight excluding hydrogens is 307 g/mol. The van der Waals surface area contributed by atoms with Crippen LogP contribution in [0, 0.1) is 5.92 Å². The highest BCUT2D eigenvalue weighted by atomic mass is 19.4. The fourth-order valence-electron chi connectivity index (χ4n) is 3.19. The number of aromatic nitrogens is 2. The first-order valence-corrected chi connectivity index (χ1v) is 7.93. The van der Waals surface area contributed by atoms with Gasteiger partial charge in [0.1, 0.15) is 0 Å². The Morgan fingerprint density at radius 3 is 2.30 bits per heavy atom. The number of carbonyl (C=O) groups excluding carboxylic acids is 1. The van der Waals surface area contributed by atoms with E-state index in [1.54, 1.807) is 10.7 Å². The predicted molar refractivity (Wildman–Crippen MR) is 80.7 cm³/mol. The van der Waals surface area contributed by atoms with Crippen molar-refractivity contribution < 1.29 is 18.0 Å². The van der Waals surface area contributed by atoms with E-state index >= 15 is 0 Å². The topological polar surface area (TPSA) is 39.3 Å². The Morgan fingerprint density at radius 1 is 1.26 bits per heavy atom. The molecule has 1 saturated carbocycles. The summed E-state index contributed by atoms with van der Waals surface area (Å²) in [4.78, 5) is 14.6. The Morgan fingerprint density at radius 2 is 1.83 bits per heavy atom. The van der Waals surface area contributed by atoms with Crippen molar-refractivity contribution in [1.29, 1.82) is 0 Å². The summed E-state index contributed by atoms with van der Waals surface area (Å²) < 4.78 is 41.2. The van der Waals surface area contributed by atoms with E-state index < -0.39 is 12.1 Å². The molecule has 0 spiro atoms. The first-order valence-electron chi connectivity index (χ1n) is 7.93. The van der Waals surface area contributed by atoms with Gasteiger partial charge >= 0.3 is 12.1 Å². The molecule has 7 heteroatoms. The smallest absolute Gasteiger partial charge is 0.291 e. The van der Waals surface area contributed by atoms with E-state index in [-0.39, 0.29) is 10.9 Å². The number of alkyl halides is 3. The van der Waals surface area contributed by atoms with Gasteiger partial charge in [-0.15, -0.1) is 0 Å². The Labute approximate surface area is 134 Å². The van der Waals surface area contributed by atoms with Gasteiger partial charge in [-0.2, -0.15) is 18.2 Å². The molecular formula is C16H24F3N3O. The van der Waals surface area contributed by atoms with Gasteiger partial charge in [-0.1, -0.05) is 33.6 Å². The quantitative estimate of drug-likeness (QED) is 0.819. The second kappa shape index (κ2) is 6.17. The molecule has 1 aromatic rings. The zero-order valence-electron chi connectivity index (χ0n) is 14.1. The van der Waals surface area contributed by atoms with Crippen LogP contribution in [0.15, 0.2) is 11.1 Å². The monoisotopic (exact) mass is 331 g/mol. The number of halogens is 3. The number of rotatable bonds is 2. The average Bonchev–Trinajstić information content (AvgIpc) is 2.99. The molecule has 0 N–H and O–H groups in total. The maximum absolute atomic E-state index is 12.6. The highest BCUT2D eigenvalue weighted by Crippen LogP contribution is 2.27. The van der Waals surface area contributed by atoms with Gasteiger partial charge < -0.3 is 0 Å². The number of amides is 1. The lowest BCUT2D eigenvalue weighted by Gasteiger charge is -2.21. The second-order valence-electron chi connectivity index (χ2n) is 7.31. The van der Waals surface area contributed by atoms with Gasteiger partial charge in [-0.3, -0.25) is 14.2 Å². The molecule has 1 heterocycles. The number of carbonyl (C=O) groups is 1. The summed E-state index contributed by atoms with van der Waals surface area (Å²) in [6, 6.07) is 1.60. The first-order chi connectivity index (χ1) is 10.5. The predicted octanol–water partition coefficient (Wildman–Crippen LogP) is 3.30. The van der Waals surface area contributed by atoms with Crippen LogP contribution in [-0.2, 0) is 23.8 Å². The Kier molecular flexibility index (Phi) is 4.78. The zero-order chi connectivity index (χ0) is 17.4. The molecule has 0 atom stereocenters. The second-order valence-corrected chi connectivity index (χ2v) is 7.31. The van der Waals surface area contributed by atoms with Crippen LogP contribution in [0.1, 0.15) is 52.1 Å². The lowest BCUT2D eigenvalue weighted by molar-refractivity contribution is -0.169. The molecule has 0 aliphatic heterocycles. The summed E-state index contributed by atoms with van der Waals surface area (Å²) in [6.45, 7) is 6.54. The maximum atomic E-state index is 12.6. The van der Waals surface area contributed by atoms with E-state index in [9.17, 15) is 18.0 Å². The summed E-state index contributed by atoms with van der Waals surface area (Å²) in [5, 5.41) is 0. The van der Waals surface area contributed by atoms with Gasteiger partial charge in [-0.25, -0.2) is 0 Å². The van der Waals surface area contributed by atoms with Gasteiger partial charge in [-0.05, 0) is 18.8 Å². The molecule has 23 heavy (non-hydrogen) atoms. The lowest BCUT2D eigenvalue weighted by atomic mass is 9.92. The van der Waals surface area contributed by atoms with Crippen molar-refractivity contribution in [3.05, 3.63) is 17.2 Å². The van der Waals surface area contributed by atoms with Crippen molar-refractivity contribution in [2.24, 2.45) is 18.0 Å². The van der Waals surface area contributed by atoms with Crippen LogP contribution in [0.4, 0.5) is 13.2 Å². The molecule has 0 aromatic carbocycles. The van der Waals surface area contributed by atoms with Gasteiger partial charge in [0, 0.05) is 30.8 Å². The van der Waals surface area contributed by atoms with Crippen LogP contribution >= 0.6 is 0 Å². The van der Waals surface area contributed by atoms with Crippen LogP contribution in [0.2, 0.25) is 0 Å². The van der Waals surface area contributed by atoms with E-state index in [1.807, 2.05) is 32.5 Å². The molecule has 1 aromatic heterocycles. The van der Waals surface area contributed by atoms with E-state index in [1.165, 1.54) is 0 Å². The minimum Gasteiger partial charge on any atom is -0.291 e. The highest BCUT2D eigenvalue weighted by Gasteiger charge is 2.38. The van der Waals surface area contributed by atoms with E-state index in [4.69, 9.17) is 0 Å². The van der Waals surface area contributed by atoms with Gasteiger partial charge in [0.2, 0.25) is 0 Å². The fourth-order valence-corrected chi connectivity index (χ4v) is 3.19. The van der Waals surface area contributed by atoms with Crippen molar-refractivity contribution >= 4 is 5.91 Å². The van der Waals surface area contributed by atoms with Crippen molar-refractivity contribution in [3.8, 4) is 0 Å². The maximum Gasteiger partial charge on any atom is 0.473 e. The summed E-state index contributed by atoms with van der Waals surface area (Å²) >= 11 is 0. The molecule has 1 amide bonds. The van der Waals surface area contributed by atoms with Crippen molar-refractivity contribution in [1.82, 2.24) is 9.36 Å². The standard InChI is InChI=1S/C16H24F3N3O/c1-15(2,3)12-9-13(20-14(23)16(17,18)19)22(21(12)4)10-11-7-5-6-8-11/h9,11H,5-8,10H2,1-4H3/b20-13+. The Hall–Kier alpha value is -1.53. The third kappa shape index (κ3) is 4.06. The molecule has 0 radical (unpaired) electrons. The molecule has 0 bridgehead atoms. The largest absolute Gasteiger partial charge is 0.473 e. The molecule has 130 valence electrons. The Bertz CT molecular complexity index is 641. The van der Waals surface area contributed by atoms with Crippen LogP contribution in [-0.4, -0.2) is 21.4 Å². The van der Waals surface area contributed by atoms with E-state index in [0.717, 1.165) is 31.4 Å². The minimum atomic E-state index is -4.94. The first kappa shape index (κ1) is 17.8. The van der Waals surface area contributed by atoms with Crippen LogP contribution in [0.5, 0.6) is 0 Å². The van der Waals surface area contributed by atoms with Crippen molar-refractivity contribution in [2.75, 3.05) is 0 Å². The SMILES string of the molecule is Cn1c(C(C)(C)C)c/c(=N\C(=O)C(F)(F)F)n1CC1CCCC1. The number of hydrogen-bond donors (Lipinski definition) is 0. The molecule has 2 rings (SSSR count). The molecule has 1 fully saturated rings. The number of nitrogens with zero attached hydrogens (tertiary/aromatic N) is 3. The third-order valence-electron chi connectivity index (χ3n) is 4.37. The molecule has 4 nitrogen and oxygen atoms in total. The summed E-state index contributed by atoms with van der Waals surface area (Å²) in [5.74, 6) is -1.62. The molecule has 0 saturated heterocycles. The fraction of sp³-hybridized carbons (Fsp3) is 0.750. The Balaban J connectivity index is 2.50. The zero-order valence-corrected chi connectivity index (χ0v) is 14.1. The van der Waals surface area contributed by atoms with Gasteiger partial charge in [0.05, 0.1) is 0 Å². The van der Waals surface area contributed by atoms with Crippen LogP contribution in [0.25, 0.3) is 0 Å². The molecule has 0 unspecified atom stereocenters. The van der Waals surface area contributed by atoms with Crippen molar-refractivity contribution in [2.45, 2.75) is 64.6 Å².